The normalized spacial score (nSPS) is 53.9. The monoisotopic (exact) mass is 348 g/mol. The van der Waals surface area contributed by atoms with Crippen molar-refractivity contribution in [3.63, 3.8) is 0 Å². The first-order valence-corrected chi connectivity index (χ1v) is 9.29. The van der Waals surface area contributed by atoms with Crippen LogP contribution in [0.2, 0.25) is 0 Å². The van der Waals surface area contributed by atoms with E-state index in [0.717, 1.165) is 6.42 Å². The number of Topliss-reactive ketones (excluding diaryl/α,β-unsaturated/α-hetero) is 2. The molecule has 25 heavy (non-hydrogen) atoms. The van der Waals surface area contributed by atoms with Gasteiger partial charge < -0.3 is 15.3 Å². The Morgan fingerprint density at radius 1 is 1.00 bits per heavy atom. The van der Waals surface area contributed by atoms with Gasteiger partial charge in [0.1, 0.15) is 0 Å². The van der Waals surface area contributed by atoms with E-state index < -0.39 is 35.1 Å². The van der Waals surface area contributed by atoms with Gasteiger partial charge in [0.2, 0.25) is 0 Å². The third-order valence-electron chi connectivity index (χ3n) is 8.65. The summed E-state index contributed by atoms with van der Waals surface area (Å²) in [5, 5.41) is 32.5. The summed E-state index contributed by atoms with van der Waals surface area (Å²) in [6, 6.07) is 0. The second kappa shape index (κ2) is 4.62. The average Bonchev–Trinajstić information content (AvgIpc) is 2.78. The third-order valence-corrected chi connectivity index (χ3v) is 8.65. The van der Waals surface area contributed by atoms with E-state index in [9.17, 15) is 24.9 Å². The van der Waals surface area contributed by atoms with Crippen molar-refractivity contribution < 1.29 is 24.9 Å². The molecule has 8 unspecified atom stereocenters. The number of hydrogen-bond donors (Lipinski definition) is 3. The fourth-order valence-corrected chi connectivity index (χ4v) is 6.51. The number of hydrogen-bond acceptors (Lipinski definition) is 5. The van der Waals surface area contributed by atoms with E-state index in [1.165, 1.54) is 0 Å². The molecule has 0 heterocycles. The number of carbonyl (C=O) groups is 2. The van der Waals surface area contributed by atoms with E-state index >= 15 is 0 Å². The largest absolute Gasteiger partial charge is 0.392 e. The predicted octanol–water partition coefficient (Wildman–Crippen LogP) is 1.25. The van der Waals surface area contributed by atoms with Gasteiger partial charge in [-0.05, 0) is 24.2 Å². The molecule has 0 aliphatic heterocycles. The van der Waals surface area contributed by atoms with E-state index in [0.29, 0.717) is 6.42 Å². The first-order valence-electron chi connectivity index (χ1n) is 9.29. The standard InChI is InChI=1S/C20H28O5/c1-8-13(21)10-11(14(8)22)16(24)20(5)12-9(18(2,3)17(12)25)6-7-19(20,4)15(10)23/h8-9,12,14-15,17,22-23,25H,6-7H2,1-5H3. The summed E-state index contributed by atoms with van der Waals surface area (Å²) in [5.41, 5.74) is -1.82. The summed E-state index contributed by atoms with van der Waals surface area (Å²) in [7, 11) is 0. The molecule has 0 amide bonds. The van der Waals surface area contributed by atoms with Crippen LogP contribution in [0.1, 0.15) is 47.5 Å². The van der Waals surface area contributed by atoms with E-state index in [4.69, 9.17) is 0 Å². The highest BCUT2D eigenvalue weighted by Gasteiger charge is 2.75. The summed E-state index contributed by atoms with van der Waals surface area (Å²) in [6.07, 6.45) is -1.42. The molecule has 4 rings (SSSR count). The summed E-state index contributed by atoms with van der Waals surface area (Å²) in [4.78, 5) is 26.1. The van der Waals surface area contributed by atoms with Crippen LogP contribution in [0, 0.1) is 34.0 Å². The van der Waals surface area contributed by atoms with Gasteiger partial charge in [-0.25, -0.2) is 0 Å². The van der Waals surface area contributed by atoms with Crippen LogP contribution in [0.4, 0.5) is 0 Å². The Kier molecular flexibility index (Phi) is 3.21. The van der Waals surface area contributed by atoms with Crippen LogP contribution in [0.25, 0.3) is 0 Å². The van der Waals surface area contributed by atoms with Crippen molar-refractivity contribution in [3.05, 3.63) is 11.1 Å². The molecule has 4 aliphatic rings. The van der Waals surface area contributed by atoms with Gasteiger partial charge in [-0.3, -0.25) is 9.59 Å². The van der Waals surface area contributed by atoms with E-state index in [1.54, 1.807) is 6.92 Å². The van der Waals surface area contributed by atoms with Gasteiger partial charge in [-0.15, -0.1) is 0 Å². The van der Waals surface area contributed by atoms with Gasteiger partial charge in [-0.2, -0.15) is 0 Å². The third kappa shape index (κ3) is 1.58. The summed E-state index contributed by atoms with van der Waals surface area (Å²) >= 11 is 0. The second-order valence-electron chi connectivity index (χ2n) is 9.71. The molecule has 5 heteroatoms. The first-order chi connectivity index (χ1) is 11.4. The van der Waals surface area contributed by atoms with Crippen LogP contribution >= 0.6 is 0 Å². The molecule has 2 fully saturated rings. The molecule has 0 aromatic rings. The zero-order valence-electron chi connectivity index (χ0n) is 15.5. The molecule has 5 nitrogen and oxygen atoms in total. The molecule has 2 saturated carbocycles. The summed E-state index contributed by atoms with van der Waals surface area (Å²) < 4.78 is 0. The maximum atomic E-state index is 13.6. The lowest BCUT2D eigenvalue weighted by atomic mass is 9.34. The van der Waals surface area contributed by atoms with Crippen LogP contribution < -0.4 is 0 Å². The molecule has 0 saturated heterocycles. The van der Waals surface area contributed by atoms with Crippen molar-refractivity contribution in [3.8, 4) is 0 Å². The highest BCUT2D eigenvalue weighted by Crippen LogP contribution is 2.71. The zero-order chi connectivity index (χ0) is 18.7. The van der Waals surface area contributed by atoms with E-state index in [-0.39, 0.29) is 40.0 Å². The number of aliphatic hydroxyl groups is 3. The Hall–Kier alpha value is -1.04. The smallest absolute Gasteiger partial charge is 0.168 e. The number of aliphatic hydroxyl groups excluding tert-OH is 3. The van der Waals surface area contributed by atoms with Gasteiger partial charge in [0, 0.05) is 33.8 Å². The molecular formula is C20H28O5. The van der Waals surface area contributed by atoms with Gasteiger partial charge >= 0.3 is 0 Å². The van der Waals surface area contributed by atoms with Crippen molar-refractivity contribution >= 4 is 11.6 Å². The topological polar surface area (TPSA) is 94.8 Å². The Balaban J connectivity index is 1.91. The lowest BCUT2D eigenvalue weighted by Crippen LogP contribution is -2.73. The Morgan fingerprint density at radius 2 is 1.60 bits per heavy atom. The Morgan fingerprint density at radius 3 is 2.20 bits per heavy atom. The molecular weight excluding hydrogens is 320 g/mol. The maximum absolute atomic E-state index is 13.6. The lowest BCUT2D eigenvalue weighted by Gasteiger charge is -2.70. The van der Waals surface area contributed by atoms with E-state index in [1.807, 2.05) is 27.7 Å². The highest BCUT2D eigenvalue weighted by molar-refractivity contribution is 6.16. The fraction of sp³-hybridized carbons (Fsp3) is 0.800. The quantitative estimate of drug-likeness (QED) is 0.612. The molecule has 0 radical (unpaired) electrons. The fourth-order valence-electron chi connectivity index (χ4n) is 6.51. The van der Waals surface area contributed by atoms with Gasteiger partial charge in [-0.1, -0.05) is 34.6 Å². The van der Waals surface area contributed by atoms with Crippen molar-refractivity contribution in [2.45, 2.75) is 65.8 Å². The SMILES string of the molecule is CC1C(=O)C2=C(C(=O)C3(C)C4C(O)C(C)(C)C4CCC3(C)C2O)C1O. The van der Waals surface area contributed by atoms with Crippen LogP contribution in [0.3, 0.4) is 0 Å². The zero-order valence-corrected chi connectivity index (χ0v) is 15.5. The molecule has 4 aliphatic carbocycles. The van der Waals surface area contributed by atoms with Crippen molar-refractivity contribution in [1.29, 1.82) is 0 Å². The van der Waals surface area contributed by atoms with Crippen LogP contribution in [-0.4, -0.2) is 45.2 Å². The summed E-state index contributed by atoms with van der Waals surface area (Å²) in [5.74, 6) is -1.32. The lowest BCUT2D eigenvalue weighted by molar-refractivity contribution is -0.262. The van der Waals surface area contributed by atoms with Crippen molar-refractivity contribution in [2.24, 2.45) is 34.0 Å². The molecule has 0 bridgehead atoms. The highest BCUT2D eigenvalue weighted by atomic mass is 16.3. The molecule has 138 valence electrons. The predicted molar refractivity (Wildman–Crippen MR) is 90.4 cm³/mol. The second-order valence-corrected chi connectivity index (χ2v) is 9.71. The minimum Gasteiger partial charge on any atom is -0.392 e. The van der Waals surface area contributed by atoms with Gasteiger partial charge in [0.05, 0.1) is 18.3 Å². The molecule has 8 atom stereocenters. The van der Waals surface area contributed by atoms with Gasteiger partial charge in [0.15, 0.2) is 11.6 Å². The minimum absolute atomic E-state index is 0.0996. The average molecular weight is 348 g/mol. The van der Waals surface area contributed by atoms with E-state index in [2.05, 4.69) is 0 Å². The number of ketones is 2. The molecule has 0 aromatic carbocycles. The summed E-state index contributed by atoms with van der Waals surface area (Å²) in [6.45, 7) is 9.35. The Labute approximate surface area is 148 Å². The molecule has 0 aromatic heterocycles. The number of rotatable bonds is 0. The maximum Gasteiger partial charge on any atom is 0.168 e. The molecule has 3 N–H and O–H groups in total. The number of carbonyl (C=O) groups excluding carboxylic acids is 2. The molecule has 0 spiro atoms. The van der Waals surface area contributed by atoms with Crippen LogP contribution in [0.5, 0.6) is 0 Å². The van der Waals surface area contributed by atoms with Crippen molar-refractivity contribution in [1.82, 2.24) is 0 Å². The van der Waals surface area contributed by atoms with Crippen LogP contribution in [-0.2, 0) is 9.59 Å². The first kappa shape index (κ1) is 17.4. The minimum atomic E-state index is -1.16. The van der Waals surface area contributed by atoms with Crippen molar-refractivity contribution in [2.75, 3.05) is 0 Å². The van der Waals surface area contributed by atoms with Crippen LogP contribution in [0.15, 0.2) is 11.1 Å². The Bertz CT molecular complexity index is 722. The van der Waals surface area contributed by atoms with Gasteiger partial charge in [0.25, 0.3) is 0 Å². The number of fused-ring (bicyclic) bond motifs is 3.